The largest absolute Gasteiger partial charge is 0.388 e. The smallest absolute Gasteiger partial charge is 0.140 e. The van der Waals surface area contributed by atoms with Crippen LogP contribution < -0.4 is 21.1 Å². The molecule has 0 spiro atoms. The van der Waals surface area contributed by atoms with Gasteiger partial charge in [0.1, 0.15) is 15.7 Å². The molecular weight excluding hydrogens is 842 g/mol. The lowest BCUT2D eigenvalue weighted by Crippen LogP contribution is -2.42. The lowest BCUT2D eigenvalue weighted by Gasteiger charge is -2.50. The van der Waals surface area contributed by atoms with Gasteiger partial charge in [-0.1, -0.05) is 177 Å². The summed E-state index contributed by atoms with van der Waals surface area (Å²) in [6.07, 6.45) is 7.21. The molecule has 2 nitrogen and oxygen atoms in total. The summed E-state index contributed by atoms with van der Waals surface area (Å²) in [5, 5.41) is 3.71. The Morgan fingerprint density at radius 3 is 1.83 bits per heavy atom. The van der Waals surface area contributed by atoms with E-state index in [9.17, 15) is 0 Å². The van der Waals surface area contributed by atoms with E-state index in [4.69, 9.17) is 0 Å². The summed E-state index contributed by atoms with van der Waals surface area (Å²) in [6.45, 7) is 27.2. The molecule has 1 fully saturated rings. The topological polar surface area (TPSA) is 15.3 Å². The van der Waals surface area contributed by atoms with E-state index >= 15 is 0 Å². The van der Waals surface area contributed by atoms with Crippen LogP contribution in [0.1, 0.15) is 140 Å². The average Bonchev–Trinajstić information content (AvgIpc) is 3.55. The molecule has 7 aromatic rings. The third kappa shape index (κ3) is 7.52. The van der Waals surface area contributed by atoms with E-state index in [1.165, 1.54) is 149 Å². The number of rotatable bonds is 8. The minimum absolute atomic E-state index is 0.0627. The van der Waals surface area contributed by atoms with E-state index < -0.39 is 0 Å². The number of nitrogens with one attached hydrogen (secondary N) is 1. The van der Waals surface area contributed by atoms with Crippen LogP contribution in [0.5, 0.6) is 0 Å². The minimum Gasteiger partial charge on any atom is -0.388 e. The number of hydrogen-bond donors (Lipinski definition) is 1. The molecule has 7 aromatic carbocycles. The second-order valence-corrected chi connectivity index (χ2v) is 24.6. The molecule has 356 valence electrons. The molecule has 3 aliphatic carbocycles. The molecule has 0 bridgehead atoms. The maximum Gasteiger partial charge on any atom is 0.140 e. The fourth-order valence-electron chi connectivity index (χ4n) is 13.6. The molecule has 1 N–H and O–H groups in total. The standard InChI is InChI=1S/C66H76B2N2/c1-40-20-19-21-41(2)58(40)43-24-28-56(68)50(34-43)51-36-45(69-12)37-55(66(11)31-18-17-30-64(66,7)8)59(51)47-27-26-46-49-38-53-54(63(5,6)33-32-62(53,3)4)39-52(49)65(9,10)60(46)61(47)70(13)57-29-25-44(67)35-48(57)42-22-15-14-16-23-42/h14-16,19-29,34-39,69H,17-18,30-33,67-68H2,1-13H3. The zero-order valence-electron chi connectivity index (χ0n) is 45.2. The summed E-state index contributed by atoms with van der Waals surface area (Å²) >= 11 is 0. The van der Waals surface area contributed by atoms with Crippen molar-refractivity contribution in [3.05, 3.63) is 160 Å². The van der Waals surface area contributed by atoms with Gasteiger partial charge in [0.2, 0.25) is 0 Å². The summed E-state index contributed by atoms with van der Waals surface area (Å²) in [6, 6.07) is 47.5. The van der Waals surface area contributed by atoms with Crippen molar-refractivity contribution >= 4 is 43.7 Å². The van der Waals surface area contributed by atoms with Crippen molar-refractivity contribution in [2.45, 2.75) is 136 Å². The highest BCUT2D eigenvalue weighted by Gasteiger charge is 2.48. The molecule has 4 heteroatoms. The lowest BCUT2D eigenvalue weighted by molar-refractivity contribution is 0.110. The maximum atomic E-state index is 3.71. The minimum atomic E-state index is -0.300. The van der Waals surface area contributed by atoms with Gasteiger partial charge in [0, 0.05) is 42.0 Å². The second-order valence-electron chi connectivity index (χ2n) is 24.6. The Labute approximate surface area is 423 Å². The molecule has 10 rings (SSSR count). The first kappa shape index (κ1) is 47.9. The number of anilines is 3. The van der Waals surface area contributed by atoms with Crippen molar-refractivity contribution < 1.29 is 0 Å². The quantitative estimate of drug-likeness (QED) is 0.153. The number of benzene rings is 7. The Morgan fingerprint density at radius 2 is 1.16 bits per heavy atom. The van der Waals surface area contributed by atoms with Crippen molar-refractivity contribution in [3.8, 4) is 55.6 Å². The first-order chi connectivity index (χ1) is 33.1. The van der Waals surface area contributed by atoms with Gasteiger partial charge in [-0.3, -0.25) is 0 Å². The third-order valence-electron chi connectivity index (χ3n) is 18.5. The monoisotopic (exact) mass is 919 g/mol. The third-order valence-corrected chi connectivity index (χ3v) is 18.5. The summed E-state index contributed by atoms with van der Waals surface area (Å²) < 4.78 is 0. The van der Waals surface area contributed by atoms with Gasteiger partial charge in [0.05, 0.1) is 5.69 Å². The summed E-state index contributed by atoms with van der Waals surface area (Å²) in [5.74, 6) is 0. The molecule has 0 aromatic heterocycles. The molecule has 0 saturated heterocycles. The van der Waals surface area contributed by atoms with Gasteiger partial charge >= 0.3 is 0 Å². The summed E-state index contributed by atoms with van der Waals surface area (Å²) in [7, 11) is 9.03. The highest BCUT2D eigenvalue weighted by molar-refractivity contribution is 6.36. The molecule has 70 heavy (non-hydrogen) atoms. The van der Waals surface area contributed by atoms with Crippen molar-refractivity contribution in [2.24, 2.45) is 5.41 Å². The first-order valence-corrected chi connectivity index (χ1v) is 26.4. The Morgan fingerprint density at radius 1 is 0.500 bits per heavy atom. The van der Waals surface area contributed by atoms with E-state index in [2.05, 4.69) is 237 Å². The zero-order chi connectivity index (χ0) is 49.9. The lowest BCUT2D eigenvalue weighted by atomic mass is 9.54. The summed E-state index contributed by atoms with van der Waals surface area (Å²) in [4.78, 5) is 2.60. The van der Waals surface area contributed by atoms with Gasteiger partial charge in [-0.2, -0.15) is 0 Å². The average molecular weight is 919 g/mol. The molecule has 0 aliphatic heterocycles. The molecule has 0 amide bonds. The number of nitrogens with zero attached hydrogens (tertiary/aromatic N) is 1. The van der Waals surface area contributed by atoms with Crippen molar-refractivity contribution in [2.75, 3.05) is 24.3 Å². The number of hydrogen-bond acceptors (Lipinski definition) is 2. The van der Waals surface area contributed by atoms with Crippen LogP contribution in [0.3, 0.4) is 0 Å². The van der Waals surface area contributed by atoms with E-state index in [-0.39, 0.29) is 27.1 Å². The second kappa shape index (κ2) is 17.0. The van der Waals surface area contributed by atoms with Crippen molar-refractivity contribution in [1.82, 2.24) is 0 Å². The zero-order valence-corrected chi connectivity index (χ0v) is 45.2. The Bertz CT molecular complexity index is 3200. The molecule has 1 atom stereocenters. The molecule has 0 radical (unpaired) electrons. The molecular formula is C66H76B2N2. The van der Waals surface area contributed by atoms with Crippen LogP contribution in [0.2, 0.25) is 0 Å². The van der Waals surface area contributed by atoms with Crippen molar-refractivity contribution in [1.29, 1.82) is 0 Å². The first-order valence-electron chi connectivity index (χ1n) is 26.4. The highest BCUT2D eigenvalue weighted by atomic mass is 15.1. The Balaban J connectivity index is 1.36. The molecule has 3 aliphatic rings. The normalized spacial score (nSPS) is 19.2. The SMILES string of the molecule is Bc1ccc(N(C)c2c(-c3c(-c4cc(-c5c(C)cccc5C)ccc4B)cc(NC)cc3C3(C)CCCCC3(C)C)ccc3c2C(C)(C)c2cc4c(cc2-3)C(C)(C)CCC4(C)C)c(-c2ccccc2)c1. The van der Waals surface area contributed by atoms with E-state index in [1.807, 2.05) is 0 Å². The number of fused-ring (bicyclic) bond motifs is 4. The van der Waals surface area contributed by atoms with E-state index in [0.717, 1.165) is 12.1 Å². The van der Waals surface area contributed by atoms with Gasteiger partial charge in [0.15, 0.2) is 0 Å². The molecule has 0 heterocycles. The van der Waals surface area contributed by atoms with Crippen LogP contribution in [0, 0.1) is 19.3 Å². The van der Waals surface area contributed by atoms with Crippen LogP contribution in [-0.2, 0) is 21.7 Å². The predicted octanol–water partition coefficient (Wildman–Crippen LogP) is 14.8. The Kier molecular flexibility index (Phi) is 11.6. The van der Waals surface area contributed by atoms with Gasteiger partial charge in [-0.25, -0.2) is 0 Å². The highest BCUT2D eigenvalue weighted by Crippen LogP contribution is 2.62. The van der Waals surface area contributed by atoms with Crippen LogP contribution in [-0.4, -0.2) is 29.8 Å². The Hall–Kier alpha value is -5.73. The molecule has 1 unspecified atom stereocenters. The van der Waals surface area contributed by atoms with Crippen LogP contribution in [0.4, 0.5) is 17.1 Å². The fraction of sp³-hybridized carbons (Fsp3) is 0.364. The van der Waals surface area contributed by atoms with Gasteiger partial charge in [0.25, 0.3) is 0 Å². The fourth-order valence-corrected chi connectivity index (χ4v) is 13.6. The van der Waals surface area contributed by atoms with Crippen LogP contribution in [0.25, 0.3) is 55.6 Å². The van der Waals surface area contributed by atoms with E-state index in [0.29, 0.717) is 0 Å². The van der Waals surface area contributed by atoms with Crippen molar-refractivity contribution in [3.63, 3.8) is 0 Å². The predicted molar refractivity (Wildman–Crippen MR) is 311 cm³/mol. The number of aryl methyl sites for hydroxylation is 2. The van der Waals surface area contributed by atoms with Gasteiger partial charge in [-0.05, 0) is 175 Å². The van der Waals surface area contributed by atoms with Gasteiger partial charge in [-0.15, -0.1) is 0 Å². The molecule has 1 saturated carbocycles. The van der Waals surface area contributed by atoms with Crippen LogP contribution >= 0.6 is 0 Å². The summed E-state index contributed by atoms with van der Waals surface area (Å²) in [5.41, 5.74) is 29.2. The maximum absolute atomic E-state index is 3.71. The van der Waals surface area contributed by atoms with Crippen LogP contribution in [0.15, 0.2) is 121 Å². The van der Waals surface area contributed by atoms with Gasteiger partial charge < -0.3 is 10.2 Å². The van der Waals surface area contributed by atoms with E-state index in [1.54, 1.807) is 0 Å².